The largest absolute Gasteiger partial charge is 0.453 e. The number of alkyl carbamates (subject to hydrolysis) is 1. The summed E-state index contributed by atoms with van der Waals surface area (Å²) in [7, 11) is 1.38. The second-order valence-electron chi connectivity index (χ2n) is 2.68. The van der Waals surface area contributed by atoms with E-state index in [2.05, 4.69) is 22.2 Å². The van der Waals surface area contributed by atoms with Gasteiger partial charge in [-0.25, -0.2) is 4.79 Å². The molecule has 0 aromatic heterocycles. The van der Waals surface area contributed by atoms with Crippen LogP contribution in [0, 0.1) is 5.92 Å². The van der Waals surface area contributed by atoms with Crippen LogP contribution in [0.2, 0.25) is 0 Å². The van der Waals surface area contributed by atoms with E-state index in [4.69, 9.17) is 0 Å². The lowest BCUT2D eigenvalue weighted by Crippen LogP contribution is -2.28. The van der Waals surface area contributed by atoms with E-state index in [0.29, 0.717) is 5.92 Å². The van der Waals surface area contributed by atoms with Crippen molar-refractivity contribution >= 4 is 6.09 Å². The molecule has 0 fully saturated rings. The van der Waals surface area contributed by atoms with Gasteiger partial charge >= 0.3 is 6.09 Å². The van der Waals surface area contributed by atoms with E-state index in [0.717, 1.165) is 19.4 Å². The minimum absolute atomic E-state index is 0.336. The predicted molar refractivity (Wildman–Crippen MR) is 42.3 cm³/mol. The van der Waals surface area contributed by atoms with Crippen LogP contribution in [0.25, 0.3) is 0 Å². The molecular formula is C8H13NO2. The Labute approximate surface area is 66.4 Å². The minimum atomic E-state index is -0.336. The van der Waals surface area contributed by atoms with E-state index in [1.54, 1.807) is 0 Å². The van der Waals surface area contributed by atoms with Crippen LogP contribution in [0.5, 0.6) is 0 Å². The topological polar surface area (TPSA) is 38.3 Å². The monoisotopic (exact) mass is 155 g/mol. The molecule has 0 unspecified atom stereocenters. The van der Waals surface area contributed by atoms with Crippen molar-refractivity contribution in [1.29, 1.82) is 0 Å². The second kappa shape index (κ2) is 4.01. The third kappa shape index (κ3) is 2.62. The zero-order valence-corrected chi connectivity index (χ0v) is 6.67. The summed E-state index contributed by atoms with van der Waals surface area (Å²) in [5.74, 6) is 0.578. The van der Waals surface area contributed by atoms with Crippen LogP contribution < -0.4 is 5.32 Å². The third-order valence-electron chi connectivity index (χ3n) is 1.83. The summed E-state index contributed by atoms with van der Waals surface area (Å²) in [5.41, 5.74) is 0. The van der Waals surface area contributed by atoms with Gasteiger partial charge in [-0.05, 0) is 18.8 Å². The lowest BCUT2D eigenvalue weighted by molar-refractivity contribution is 0.169. The van der Waals surface area contributed by atoms with Crippen molar-refractivity contribution in [2.24, 2.45) is 5.92 Å². The van der Waals surface area contributed by atoms with Crippen molar-refractivity contribution < 1.29 is 9.53 Å². The van der Waals surface area contributed by atoms with Crippen LogP contribution in [0.15, 0.2) is 12.2 Å². The maximum absolute atomic E-state index is 10.6. The van der Waals surface area contributed by atoms with Crippen LogP contribution in [-0.4, -0.2) is 19.7 Å². The summed E-state index contributed by atoms with van der Waals surface area (Å²) in [5, 5.41) is 2.67. The minimum Gasteiger partial charge on any atom is -0.453 e. The second-order valence-corrected chi connectivity index (χ2v) is 2.68. The fourth-order valence-corrected chi connectivity index (χ4v) is 1.14. The molecule has 0 aromatic carbocycles. The van der Waals surface area contributed by atoms with Gasteiger partial charge < -0.3 is 10.1 Å². The maximum atomic E-state index is 10.6. The van der Waals surface area contributed by atoms with Crippen molar-refractivity contribution in [3.8, 4) is 0 Å². The van der Waals surface area contributed by atoms with Gasteiger partial charge in [-0.1, -0.05) is 12.2 Å². The number of rotatable bonds is 2. The Balaban J connectivity index is 2.07. The van der Waals surface area contributed by atoms with Gasteiger partial charge in [0.2, 0.25) is 0 Å². The van der Waals surface area contributed by atoms with Gasteiger partial charge in [0.25, 0.3) is 0 Å². The molecule has 0 saturated carbocycles. The Morgan fingerprint density at radius 1 is 1.64 bits per heavy atom. The highest BCUT2D eigenvalue weighted by molar-refractivity contribution is 5.66. The summed E-state index contributed by atoms with van der Waals surface area (Å²) >= 11 is 0. The van der Waals surface area contributed by atoms with Crippen molar-refractivity contribution in [3.63, 3.8) is 0 Å². The number of nitrogens with one attached hydrogen (secondary N) is 1. The molecule has 3 heteroatoms. The van der Waals surface area contributed by atoms with Gasteiger partial charge in [-0.15, -0.1) is 0 Å². The van der Waals surface area contributed by atoms with Gasteiger partial charge in [-0.3, -0.25) is 0 Å². The molecule has 3 nitrogen and oxygen atoms in total. The molecular weight excluding hydrogens is 142 g/mol. The maximum Gasteiger partial charge on any atom is 0.406 e. The number of amides is 1. The summed E-state index contributed by atoms with van der Waals surface area (Å²) in [6.07, 6.45) is 6.10. The number of hydrogen-bond acceptors (Lipinski definition) is 2. The first-order valence-electron chi connectivity index (χ1n) is 3.79. The van der Waals surface area contributed by atoms with Crippen LogP contribution >= 0.6 is 0 Å². The Morgan fingerprint density at radius 2 is 2.27 bits per heavy atom. The van der Waals surface area contributed by atoms with Gasteiger partial charge in [-0.2, -0.15) is 0 Å². The lowest BCUT2D eigenvalue weighted by atomic mass is 10.1. The molecule has 11 heavy (non-hydrogen) atoms. The van der Waals surface area contributed by atoms with Gasteiger partial charge in [0, 0.05) is 6.54 Å². The first kappa shape index (κ1) is 8.11. The average Bonchev–Trinajstić information content (AvgIpc) is 2.52. The van der Waals surface area contributed by atoms with E-state index >= 15 is 0 Å². The fourth-order valence-electron chi connectivity index (χ4n) is 1.14. The average molecular weight is 155 g/mol. The van der Waals surface area contributed by atoms with E-state index in [9.17, 15) is 4.79 Å². The summed E-state index contributed by atoms with van der Waals surface area (Å²) in [4.78, 5) is 10.6. The molecule has 0 atom stereocenters. The number of carbonyl (C=O) groups is 1. The Kier molecular flexibility index (Phi) is 2.95. The molecule has 0 heterocycles. The van der Waals surface area contributed by atoms with Crippen LogP contribution in [0.4, 0.5) is 4.79 Å². The first-order chi connectivity index (χ1) is 5.33. The van der Waals surface area contributed by atoms with Gasteiger partial charge in [0.1, 0.15) is 0 Å². The quantitative estimate of drug-likeness (QED) is 0.610. The molecule has 1 amide bonds. The molecule has 0 saturated heterocycles. The number of allylic oxidation sites excluding steroid dienone is 2. The standard InChI is InChI=1S/C8H13NO2/c1-11-8(10)9-6-7-4-2-3-5-7/h2-3,7H,4-6H2,1H3,(H,9,10). The summed E-state index contributed by atoms with van der Waals surface area (Å²) < 4.78 is 4.44. The van der Waals surface area contributed by atoms with Gasteiger partial charge in [0.15, 0.2) is 0 Å². The Morgan fingerprint density at radius 3 is 2.82 bits per heavy atom. The van der Waals surface area contributed by atoms with Crippen LogP contribution in [0.3, 0.4) is 0 Å². The summed E-state index contributed by atoms with van der Waals surface area (Å²) in [6.45, 7) is 0.722. The van der Waals surface area contributed by atoms with Crippen LogP contribution in [0.1, 0.15) is 12.8 Å². The molecule has 0 aromatic rings. The zero-order valence-electron chi connectivity index (χ0n) is 6.67. The zero-order chi connectivity index (χ0) is 8.10. The predicted octanol–water partition coefficient (Wildman–Crippen LogP) is 1.31. The van der Waals surface area contributed by atoms with E-state index in [1.807, 2.05) is 0 Å². The molecule has 0 spiro atoms. The molecule has 0 aliphatic heterocycles. The Bertz CT molecular complexity index is 157. The molecule has 1 aliphatic rings. The molecule has 1 N–H and O–H groups in total. The van der Waals surface area contributed by atoms with E-state index in [-0.39, 0.29) is 6.09 Å². The number of hydrogen-bond donors (Lipinski definition) is 1. The van der Waals surface area contributed by atoms with Gasteiger partial charge in [0.05, 0.1) is 7.11 Å². The van der Waals surface area contributed by atoms with Crippen LogP contribution in [-0.2, 0) is 4.74 Å². The number of methoxy groups -OCH3 is 1. The highest BCUT2D eigenvalue weighted by Gasteiger charge is 2.10. The molecule has 1 aliphatic carbocycles. The number of carbonyl (C=O) groups excluding carboxylic acids is 1. The normalized spacial score (nSPS) is 16.8. The fraction of sp³-hybridized carbons (Fsp3) is 0.625. The van der Waals surface area contributed by atoms with Crippen molar-refractivity contribution in [2.45, 2.75) is 12.8 Å². The Hall–Kier alpha value is -0.990. The van der Waals surface area contributed by atoms with E-state index < -0.39 is 0 Å². The molecule has 0 radical (unpaired) electrons. The molecule has 62 valence electrons. The number of ether oxygens (including phenoxy) is 1. The lowest BCUT2D eigenvalue weighted by Gasteiger charge is -2.08. The first-order valence-corrected chi connectivity index (χ1v) is 3.79. The van der Waals surface area contributed by atoms with Crippen molar-refractivity contribution in [1.82, 2.24) is 5.32 Å². The smallest absolute Gasteiger partial charge is 0.406 e. The summed E-state index contributed by atoms with van der Waals surface area (Å²) in [6, 6.07) is 0. The van der Waals surface area contributed by atoms with Crippen molar-refractivity contribution in [2.75, 3.05) is 13.7 Å². The molecule has 0 bridgehead atoms. The highest BCUT2D eigenvalue weighted by atomic mass is 16.5. The third-order valence-corrected chi connectivity index (χ3v) is 1.83. The SMILES string of the molecule is COC(=O)NCC1CC=CC1. The highest BCUT2D eigenvalue weighted by Crippen LogP contribution is 2.15. The van der Waals surface area contributed by atoms with E-state index in [1.165, 1.54) is 7.11 Å². The molecule has 1 rings (SSSR count). The van der Waals surface area contributed by atoms with Crippen molar-refractivity contribution in [3.05, 3.63) is 12.2 Å².